The van der Waals surface area contributed by atoms with Crippen molar-refractivity contribution >= 4 is 11.4 Å². The monoisotopic (exact) mass is 274 g/mol. The number of hydrogen-bond donors (Lipinski definition) is 1. The van der Waals surface area contributed by atoms with Gasteiger partial charge < -0.3 is 15.4 Å². The van der Waals surface area contributed by atoms with Crippen LogP contribution in [0.15, 0.2) is 18.2 Å². The summed E-state index contributed by atoms with van der Waals surface area (Å²) >= 11 is 0. The van der Waals surface area contributed by atoms with Crippen LogP contribution in [-0.2, 0) is 10.9 Å². The zero-order valence-electron chi connectivity index (χ0n) is 10.7. The molecule has 3 nitrogen and oxygen atoms in total. The van der Waals surface area contributed by atoms with Crippen LogP contribution in [0.1, 0.15) is 18.4 Å². The van der Waals surface area contributed by atoms with Crippen molar-refractivity contribution in [3.8, 4) is 0 Å². The lowest BCUT2D eigenvalue weighted by molar-refractivity contribution is -0.136. The van der Waals surface area contributed by atoms with Gasteiger partial charge in [-0.15, -0.1) is 0 Å². The smallest absolute Gasteiger partial charge is 0.398 e. The Labute approximate surface area is 110 Å². The van der Waals surface area contributed by atoms with E-state index in [1.54, 1.807) is 13.2 Å². The average Bonchev–Trinajstić information content (AvgIpc) is 2.38. The molecule has 1 aliphatic heterocycles. The predicted octanol–water partition coefficient (Wildman–Crippen LogP) is 2.90. The number of anilines is 2. The van der Waals surface area contributed by atoms with Gasteiger partial charge in [0.2, 0.25) is 0 Å². The number of nitrogen functional groups attached to an aromatic ring is 1. The molecule has 1 atom stereocenters. The van der Waals surface area contributed by atoms with Crippen LogP contribution >= 0.6 is 0 Å². The van der Waals surface area contributed by atoms with E-state index in [4.69, 9.17) is 10.5 Å². The van der Waals surface area contributed by atoms with Crippen molar-refractivity contribution in [3.63, 3.8) is 0 Å². The third kappa shape index (κ3) is 3.12. The minimum absolute atomic E-state index is 0.0700. The van der Waals surface area contributed by atoms with Gasteiger partial charge in [-0.1, -0.05) is 0 Å². The zero-order chi connectivity index (χ0) is 14.0. The van der Waals surface area contributed by atoms with Gasteiger partial charge in [0.1, 0.15) is 0 Å². The second kappa shape index (κ2) is 5.28. The molecule has 1 heterocycles. The highest BCUT2D eigenvalue weighted by Crippen LogP contribution is 2.36. The molecule has 0 spiro atoms. The Balaban J connectivity index is 2.25. The van der Waals surface area contributed by atoms with Crippen LogP contribution in [0.5, 0.6) is 0 Å². The molecular weight excluding hydrogens is 257 g/mol. The van der Waals surface area contributed by atoms with Crippen LogP contribution in [0.2, 0.25) is 0 Å². The topological polar surface area (TPSA) is 38.5 Å². The fourth-order valence-electron chi connectivity index (χ4n) is 2.35. The molecule has 1 saturated heterocycles. The first-order valence-electron chi connectivity index (χ1n) is 6.16. The van der Waals surface area contributed by atoms with E-state index in [0.29, 0.717) is 12.2 Å². The molecule has 1 aromatic rings. The van der Waals surface area contributed by atoms with Gasteiger partial charge in [0.25, 0.3) is 0 Å². The first-order valence-corrected chi connectivity index (χ1v) is 6.16. The number of piperidine rings is 1. The maximum Gasteiger partial charge on any atom is 0.418 e. The molecule has 0 amide bonds. The summed E-state index contributed by atoms with van der Waals surface area (Å²) in [6, 6.07) is 4.06. The number of hydrogen-bond acceptors (Lipinski definition) is 3. The minimum Gasteiger partial charge on any atom is -0.398 e. The van der Waals surface area contributed by atoms with Gasteiger partial charge in [-0.3, -0.25) is 0 Å². The Bertz CT molecular complexity index is 448. The standard InChI is InChI=1S/C13H17F3N2O/c1-19-10-3-2-6-18(8-10)9-4-5-12(17)11(7-9)13(14,15)16/h4-5,7,10H,2-3,6,8,17H2,1H3. The highest BCUT2D eigenvalue weighted by atomic mass is 19.4. The number of methoxy groups -OCH3 is 1. The number of ether oxygens (including phenoxy) is 1. The molecule has 6 heteroatoms. The molecule has 19 heavy (non-hydrogen) atoms. The second-order valence-electron chi connectivity index (χ2n) is 4.72. The van der Waals surface area contributed by atoms with Crippen LogP contribution in [0.4, 0.5) is 24.5 Å². The van der Waals surface area contributed by atoms with E-state index in [-0.39, 0.29) is 11.8 Å². The van der Waals surface area contributed by atoms with Gasteiger partial charge in [0, 0.05) is 31.6 Å². The molecule has 1 aliphatic rings. The van der Waals surface area contributed by atoms with Gasteiger partial charge in [-0.05, 0) is 31.0 Å². The third-order valence-corrected chi connectivity index (χ3v) is 3.42. The van der Waals surface area contributed by atoms with Crippen LogP contribution in [0.25, 0.3) is 0 Å². The minimum atomic E-state index is -4.42. The highest BCUT2D eigenvalue weighted by molar-refractivity contribution is 5.59. The molecule has 0 saturated carbocycles. The lowest BCUT2D eigenvalue weighted by Crippen LogP contribution is -2.39. The Kier molecular flexibility index (Phi) is 3.89. The fraction of sp³-hybridized carbons (Fsp3) is 0.538. The summed E-state index contributed by atoms with van der Waals surface area (Å²) in [5.74, 6) is 0. The summed E-state index contributed by atoms with van der Waals surface area (Å²) in [5.41, 5.74) is 4.93. The van der Waals surface area contributed by atoms with E-state index in [1.807, 2.05) is 4.90 Å². The quantitative estimate of drug-likeness (QED) is 0.843. The largest absolute Gasteiger partial charge is 0.418 e. The Hall–Kier alpha value is -1.43. The highest BCUT2D eigenvalue weighted by Gasteiger charge is 2.33. The van der Waals surface area contributed by atoms with Crippen molar-refractivity contribution in [2.24, 2.45) is 0 Å². The SMILES string of the molecule is COC1CCCN(c2ccc(N)c(C(F)(F)F)c2)C1. The molecule has 2 rings (SSSR count). The molecule has 0 radical (unpaired) electrons. The average molecular weight is 274 g/mol. The van der Waals surface area contributed by atoms with Gasteiger partial charge in [-0.2, -0.15) is 13.2 Å². The lowest BCUT2D eigenvalue weighted by Gasteiger charge is -2.34. The normalized spacial score (nSPS) is 20.6. The zero-order valence-corrected chi connectivity index (χ0v) is 10.7. The van der Waals surface area contributed by atoms with E-state index in [1.165, 1.54) is 6.07 Å². The molecule has 2 N–H and O–H groups in total. The predicted molar refractivity (Wildman–Crippen MR) is 68.1 cm³/mol. The van der Waals surface area contributed by atoms with Crippen molar-refractivity contribution in [2.75, 3.05) is 30.8 Å². The van der Waals surface area contributed by atoms with E-state index < -0.39 is 11.7 Å². The molecule has 0 aliphatic carbocycles. The summed E-state index contributed by atoms with van der Waals surface area (Å²) in [5, 5.41) is 0. The van der Waals surface area contributed by atoms with Crippen molar-refractivity contribution in [3.05, 3.63) is 23.8 Å². The van der Waals surface area contributed by atoms with Gasteiger partial charge in [0.15, 0.2) is 0 Å². The molecule has 0 bridgehead atoms. The third-order valence-electron chi connectivity index (χ3n) is 3.42. The van der Waals surface area contributed by atoms with E-state index in [0.717, 1.165) is 25.5 Å². The summed E-state index contributed by atoms with van der Waals surface area (Å²) in [7, 11) is 1.62. The first kappa shape index (κ1) is 14.0. The number of alkyl halides is 3. The van der Waals surface area contributed by atoms with Crippen molar-refractivity contribution in [1.82, 2.24) is 0 Å². The summed E-state index contributed by atoms with van der Waals surface area (Å²) < 4.78 is 43.7. The van der Waals surface area contributed by atoms with Crippen LogP contribution in [0.3, 0.4) is 0 Å². The Morgan fingerprint density at radius 2 is 2.11 bits per heavy atom. The summed E-state index contributed by atoms with van der Waals surface area (Å²) in [6.45, 7) is 1.35. The number of nitrogens with two attached hydrogens (primary N) is 1. The Morgan fingerprint density at radius 1 is 1.37 bits per heavy atom. The molecular formula is C13H17F3N2O. The lowest BCUT2D eigenvalue weighted by atomic mass is 10.1. The molecule has 0 aromatic heterocycles. The van der Waals surface area contributed by atoms with Crippen LogP contribution < -0.4 is 10.6 Å². The number of rotatable bonds is 2. The van der Waals surface area contributed by atoms with Gasteiger partial charge >= 0.3 is 6.18 Å². The second-order valence-corrected chi connectivity index (χ2v) is 4.72. The maximum atomic E-state index is 12.8. The van der Waals surface area contributed by atoms with Crippen molar-refractivity contribution in [1.29, 1.82) is 0 Å². The molecule has 1 fully saturated rings. The fourth-order valence-corrected chi connectivity index (χ4v) is 2.35. The molecule has 1 unspecified atom stereocenters. The van der Waals surface area contributed by atoms with E-state index in [9.17, 15) is 13.2 Å². The van der Waals surface area contributed by atoms with Crippen molar-refractivity contribution < 1.29 is 17.9 Å². The molecule has 106 valence electrons. The number of nitrogens with zero attached hydrogens (tertiary/aromatic N) is 1. The summed E-state index contributed by atoms with van der Waals surface area (Å²) in [4.78, 5) is 1.91. The van der Waals surface area contributed by atoms with Crippen LogP contribution in [0, 0.1) is 0 Å². The summed E-state index contributed by atoms with van der Waals surface area (Å²) in [6.07, 6.45) is -2.50. The first-order chi connectivity index (χ1) is 8.91. The van der Waals surface area contributed by atoms with E-state index in [2.05, 4.69) is 0 Å². The van der Waals surface area contributed by atoms with Gasteiger partial charge in [0.05, 0.1) is 11.7 Å². The van der Waals surface area contributed by atoms with E-state index >= 15 is 0 Å². The maximum absolute atomic E-state index is 12.8. The van der Waals surface area contributed by atoms with Gasteiger partial charge in [-0.25, -0.2) is 0 Å². The van der Waals surface area contributed by atoms with Crippen LogP contribution in [-0.4, -0.2) is 26.3 Å². The number of halogens is 3. The Morgan fingerprint density at radius 3 is 2.74 bits per heavy atom. The molecule has 1 aromatic carbocycles. The van der Waals surface area contributed by atoms with Crippen molar-refractivity contribution in [2.45, 2.75) is 25.1 Å². The number of benzene rings is 1.